The van der Waals surface area contributed by atoms with Crippen molar-refractivity contribution in [1.82, 2.24) is 71.9 Å². The van der Waals surface area contributed by atoms with Crippen LogP contribution in [0.5, 0.6) is 0 Å². The van der Waals surface area contributed by atoms with Gasteiger partial charge in [0.15, 0.2) is 0 Å². The van der Waals surface area contributed by atoms with Crippen LogP contribution in [0.4, 0.5) is 0 Å². The molecular formula is C75H168N16O22. The topological polar surface area (TPSA) is 415 Å². The maximum Gasteiger partial charge on any atom is 0.0897 e. The third-order valence-electron chi connectivity index (χ3n) is 17.1. The molecule has 0 saturated carbocycles. The van der Waals surface area contributed by atoms with Gasteiger partial charge in [-0.15, -0.1) is 0 Å². The number of rotatable bonds is 102. The van der Waals surface area contributed by atoms with Crippen LogP contribution in [-0.2, 0) is 85.3 Å². The molecule has 0 aromatic rings. The first kappa shape index (κ1) is 111. The van der Waals surface area contributed by atoms with Gasteiger partial charge < -0.3 is 160 Å². The van der Waals surface area contributed by atoms with E-state index in [4.69, 9.17) is 96.7 Å². The van der Waals surface area contributed by atoms with E-state index in [1.165, 1.54) is 0 Å². The van der Waals surface area contributed by atoms with Gasteiger partial charge in [0.2, 0.25) is 0 Å². The van der Waals surface area contributed by atoms with Crippen molar-refractivity contribution < 1.29 is 106 Å². The van der Waals surface area contributed by atoms with Gasteiger partial charge in [-0.3, -0.25) is 29.4 Å². The number of aliphatic hydroxyl groups is 4. The molecule has 0 aliphatic heterocycles. The summed E-state index contributed by atoms with van der Waals surface area (Å²) in [5, 5.41) is 67.7. The monoisotopic (exact) mass is 1650 g/mol. The lowest BCUT2D eigenvalue weighted by Crippen LogP contribution is -2.46. The van der Waals surface area contributed by atoms with Crippen LogP contribution in [0.2, 0.25) is 0 Å². The van der Waals surface area contributed by atoms with Crippen LogP contribution in [0.15, 0.2) is 0 Å². The van der Waals surface area contributed by atoms with Crippen LogP contribution >= 0.6 is 0 Å². The Kier molecular flexibility index (Phi) is 94.7. The van der Waals surface area contributed by atoms with Crippen LogP contribution in [0.25, 0.3) is 0 Å². The zero-order valence-corrected chi connectivity index (χ0v) is 70.9. The Balaban J connectivity index is 4.55. The summed E-state index contributed by atoms with van der Waals surface area (Å²) in [6.45, 7) is 42.6. The molecule has 38 heteroatoms. The molecular weight excluding hydrogens is 1480 g/mol. The second kappa shape index (κ2) is 95.9. The zero-order valence-electron chi connectivity index (χ0n) is 70.9. The molecule has 0 aliphatic carbocycles. The number of nitrogens with one attached hydrogen (secondary N) is 8. The first-order chi connectivity index (χ1) is 55.8. The first-order valence-electron chi connectivity index (χ1n) is 41.8. The van der Waals surface area contributed by atoms with Gasteiger partial charge in [-0.05, 0) is 0 Å². The molecule has 680 valence electrons. The van der Waals surface area contributed by atoms with Gasteiger partial charge in [-0.1, -0.05) is 0 Å². The molecule has 2 atom stereocenters. The Morgan fingerprint density at radius 2 is 0.460 bits per heavy atom. The molecule has 0 rings (SSSR count). The van der Waals surface area contributed by atoms with Gasteiger partial charge in [-0.25, -0.2) is 0 Å². The van der Waals surface area contributed by atoms with Crippen LogP contribution in [0.3, 0.4) is 0 Å². The minimum atomic E-state index is -0.653. The number of aliphatic hydroxyl groups excluding tert-OH is 4. The largest absolute Gasteiger partial charge is 0.394 e. The minimum absolute atomic E-state index is 0.00306. The maximum absolute atomic E-state index is 10.6. The predicted octanol–water partition coefficient (Wildman–Crippen LogP) is -7.09. The Morgan fingerprint density at radius 3 is 0.814 bits per heavy atom. The lowest BCUT2D eigenvalue weighted by atomic mass is 10.3. The van der Waals surface area contributed by atoms with Gasteiger partial charge >= 0.3 is 0 Å². The highest BCUT2D eigenvalue weighted by Gasteiger charge is 2.16. The first-order valence-corrected chi connectivity index (χ1v) is 41.8. The quantitative estimate of drug-likeness (QED) is 0.0199. The molecule has 0 amide bonds. The molecule has 2 unspecified atom stereocenters. The van der Waals surface area contributed by atoms with Crippen molar-refractivity contribution >= 4 is 0 Å². The summed E-state index contributed by atoms with van der Waals surface area (Å²) < 4.78 is 99.4. The standard InChI is InChI=1S/C75H168N16O22/c1-96-47-51-104-42-34-89(33-41-102-45-37-92)32-31-88(27-15-82-19-39-100-55-57-108-61-59-106-53-49-98-3)26-14-80-13-25-87(24-10-78-7-5-76)28-18-85-70-75(95)72-113-68-66-111-64-63-110-65-67-112-71-74(94)69-84-9-8-79-11-22-86(21-6-77)23-12-81-16-29-90(73-91(35-43-103-46-38-93)36-44-105-52-48-97-2)30-17-83-20-40-101-56-58-109-62-60-107-54-50-99-4/h74-75,78-85,92-95H,5-73,76-77H2,1-4H3. The van der Waals surface area contributed by atoms with Gasteiger partial charge in [0.05, 0.1) is 244 Å². The molecule has 0 aliphatic rings. The van der Waals surface area contributed by atoms with E-state index in [9.17, 15) is 20.4 Å². The van der Waals surface area contributed by atoms with E-state index in [0.29, 0.717) is 231 Å². The summed E-state index contributed by atoms with van der Waals surface area (Å²) in [6.07, 6.45) is -1.29. The average Bonchev–Trinajstić information content (AvgIpc) is 0.949. The van der Waals surface area contributed by atoms with E-state index >= 15 is 0 Å². The number of ether oxygens (including phenoxy) is 18. The van der Waals surface area contributed by atoms with Gasteiger partial charge in [0.1, 0.15) is 0 Å². The van der Waals surface area contributed by atoms with E-state index in [0.717, 1.165) is 196 Å². The maximum atomic E-state index is 10.6. The van der Waals surface area contributed by atoms with Gasteiger partial charge in [0, 0.05) is 251 Å². The summed E-state index contributed by atoms with van der Waals surface area (Å²) in [5.41, 5.74) is 11.8. The summed E-state index contributed by atoms with van der Waals surface area (Å²) >= 11 is 0. The highest BCUT2D eigenvalue weighted by Crippen LogP contribution is 2.00. The Morgan fingerprint density at radius 1 is 0.221 bits per heavy atom. The number of nitrogens with zero attached hydrogens (tertiary/aromatic N) is 6. The van der Waals surface area contributed by atoms with Crippen LogP contribution in [0.1, 0.15) is 0 Å². The van der Waals surface area contributed by atoms with Crippen LogP contribution < -0.4 is 54.0 Å². The van der Waals surface area contributed by atoms with Crippen molar-refractivity contribution in [3.05, 3.63) is 0 Å². The minimum Gasteiger partial charge on any atom is -0.394 e. The zero-order chi connectivity index (χ0) is 81.8. The molecule has 0 spiro atoms. The van der Waals surface area contributed by atoms with Crippen molar-refractivity contribution in [2.45, 2.75) is 12.2 Å². The Bertz CT molecular complexity index is 1780. The van der Waals surface area contributed by atoms with E-state index in [2.05, 4.69) is 71.9 Å². The molecule has 0 aromatic heterocycles. The van der Waals surface area contributed by atoms with E-state index in [1.807, 2.05) is 0 Å². The van der Waals surface area contributed by atoms with Crippen molar-refractivity contribution in [1.29, 1.82) is 0 Å². The fourth-order valence-corrected chi connectivity index (χ4v) is 10.7. The summed E-state index contributed by atoms with van der Waals surface area (Å²) in [7, 11) is 6.65. The molecule has 0 heterocycles. The summed E-state index contributed by atoms with van der Waals surface area (Å²) in [5.74, 6) is 0. The van der Waals surface area contributed by atoms with Crippen molar-refractivity contribution in [2.75, 3.05) is 482 Å². The number of hydrogen-bond acceptors (Lipinski definition) is 38. The molecule has 0 aromatic carbocycles. The van der Waals surface area contributed by atoms with Crippen molar-refractivity contribution in [3.8, 4) is 0 Å². The van der Waals surface area contributed by atoms with Crippen molar-refractivity contribution in [3.63, 3.8) is 0 Å². The van der Waals surface area contributed by atoms with Crippen LogP contribution in [-0.4, -0.2) is 544 Å². The van der Waals surface area contributed by atoms with E-state index in [-0.39, 0.29) is 26.4 Å². The molecule has 113 heavy (non-hydrogen) atoms. The third-order valence-corrected chi connectivity index (χ3v) is 17.1. The molecule has 0 saturated heterocycles. The second-order valence-electron chi connectivity index (χ2n) is 26.5. The smallest absolute Gasteiger partial charge is 0.0897 e. The number of methoxy groups -OCH3 is 4. The fraction of sp³-hybridized carbons (Fsp3) is 1.00. The fourth-order valence-electron chi connectivity index (χ4n) is 10.7. The molecule has 0 fully saturated rings. The van der Waals surface area contributed by atoms with Gasteiger partial charge in [-0.2, -0.15) is 0 Å². The summed E-state index contributed by atoms with van der Waals surface area (Å²) in [6, 6.07) is 0. The van der Waals surface area contributed by atoms with E-state index in [1.54, 1.807) is 28.4 Å². The van der Waals surface area contributed by atoms with Gasteiger partial charge in [0.25, 0.3) is 0 Å². The normalized spacial score (nSPS) is 12.7. The highest BCUT2D eigenvalue weighted by molar-refractivity contribution is 4.72. The lowest BCUT2D eigenvalue weighted by molar-refractivity contribution is -0.0238. The molecule has 38 nitrogen and oxygen atoms in total. The van der Waals surface area contributed by atoms with Crippen molar-refractivity contribution in [2.24, 2.45) is 11.5 Å². The third kappa shape index (κ3) is 86.7. The Hall–Kier alpha value is -1.52. The molecule has 0 bridgehead atoms. The summed E-state index contributed by atoms with van der Waals surface area (Å²) in [4.78, 5) is 14.4. The van der Waals surface area contributed by atoms with E-state index < -0.39 is 12.2 Å². The molecule has 0 radical (unpaired) electrons. The second-order valence-corrected chi connectivity index (χ2v) is 26.5. The molecule has 16 N–H and O–H groups in total. The Labute approximate surface area is 681 Å². The predicted molar refractivity (Wildman–Crippen MR) is 440 cm³/mol. The average molecular weight is 1650 g/mol. The number of nitrogens with two attached hydrogens (primary N) is 2. The van der Waals surface area contributed by atoms with Crippen LogP contribution in [0, 0.1) is 0 Å². The lowest BCUT2D eigenvalue weighted by Gasteiger charge is -2.31. The highest BCUT2D eigenvalue weighted by atomic mass is 16.6. The number of hydrogen-bond donors (Lipinski definition) is 14. The SMILES string of the molecule is COCCOCCOCCOCCNCCN(CCNCCN(CCNCCN)CCNCC(O)COCCOCCOCCOCC(O)CNCCNCCN(CCN)CCNCCN(CCNCCOCCOCCOCCOC)CN(CCOCCO)CCOCCOC)CCN(CCOCCO)CCOCCOC.